The fourth-order valence-corrected chi connectivity index (χ4v) is 2.23. The van der Waals surface area contributed by atoms with E-state index >= 15 is 0 Å². The molecule has 6 heteroatoms. The van der Waals surface area contributed by atoms with Crippen molar-refractivity contribution in [3.05, 3.63) is 39.9 Å². The van der Waals surface area contributed by atoms with Gasteiger partial charge in [0.05, 0.1) is 22.8 Å². The second-order valence-corrected chi connectivity index (χ2v) is 4.93. The van der Waals surface area contributed by atoms with Gasteiger partial charge in [0, 0.05) is 0 Å². The molecule has 20 heavy (non-hydrogen) atoms. The Morgan fingerprint density at radius 2 is 2.25 bits per heavy atom. The fraction of sp³-hybridized carbons (Fsp3) is 0.286. The lowest BCUT2D eigenvalue weighted by Gasteiger charge is -2.00. The van der Waals surface area contributed by atoms with Gasteiger partial charge in [-0.1, -0.05) is 19.4 Å². The van der Waals surface area contributed by atoms with Crippen molar-refractivity contribution in [2.45, 2.75) is 19.8 Å². The van der Waals surface area contributed by atoms with E-state index in [9.17, 15) is 9.18 Å². The number of esters is 1. The molecule has 0 aliphatic rings. The average molecular weight is 342 g/mol. The van der Waals surface area contributed by atoms with Crippen molar-refractivity contribution in [1.82, 2.24) is 4.98 Å². The van der Waals surface area contributed by atoms with Crippen LogP contribution in [-0.4, -0.2) is 18.1 Å². The highest BCUT2D eigenvalue weighted by Gasteiger charge is 2.22. The zero-order valence-electron chi connectivity index (χ0n) is 11.1. The van der Waals surface area contributed by atoms with Crippen LogP contribution in [0.25, 0.3) is 11.5 Å². The average Bonchev–Trinajstić information content (AvgIpc) is 2.85. The Balaban J connectivity index is 2.52. The second-order valence-electron chi connectivity index (χ2n) is 4.14. The van der Waals surface area contributed by atoms with Gasteiger partial charge < -0.3 is 9.15 Å². The molecule has 0 spiro atoms. The number of hydrogen-bond acceptors (Lipinski definition) is 4. The van der Waals surface area contributed by atoms with Crippen LogP contribution >= 0.6 is 15.9 Å². The highest BCUT2D eigenvalue weighted by atomic mass is 79.9. The smallest absolute Gasteiger partial charge is 0.376 e. The third-order valence-electron chi connectivity index (χ3n) is 2.74. The van der Waals surface area contributed by atoms with Gasteiger partial charge in [0.25, 0.3) is 0 Å². The lowest BCUT2D eigenvalue weighted by atomic mass is 10.2. The maximum Gasteiger partial charge on any atom is 0.376 e. The third kappa shape index (κ3) is 2.75. The van der Waals surface area contributed by atoms with E-state index in [2.05, 4.69) is 25.7 Å². The second kappa shape index (κ2) is 6.17. The van der Waals surface area contributed by atoms with Crippen molar-refractivity contribution in [3.8, 4) is 11.5 Å². The molecule has 1 aromatic heterocycles. The van der Waals surface area contributed by atoms with Crippen LogP contribution in [-0.2, 0) is 11.2 Å². The van der Waals surface area contributed by atoms with E-state index in [0.29, 0.717) is 17.7 Å². The van der Waals surface area contributed by atoms with Crippen LogP contribution in [0.1, 0.15) is 29.6 Å². The molecule has 0 unspecified atom stereocenters. The minimum Gasteiger partial charge on any atom is -0.463 e. The molecule has 106 valence electrons. The molecule has 0 bridgehead atoms. The van der Waals surface area contributed by atoms with Crippen LogP contribution < -0.4 is 0 Å². The Morgan fingerprint density at radius 3 is 2.90 bits per heavy atom. The van der Waals surface area contributed by atoms with E-state index in [1.54, 1.807) is 12.1 Å². The van der Waals surface area contributed by atoms with Gasteiger partial charge in [-0.15, -0.1) is 0 Å². The first kappa shape index (κ1) is 14.7. The number of carbonyl (C=O) groups excluding carboxylic acids is 1. The summed E-state index contributed by atoms with van der Waals surface area (Å²) in [5.41, 5.74) is 0.975. The third-order valence-corrected chi connectivity index (χ3v) is 3.54. The lowest BCUT2D eigenvalue weighted by Crippen LogP contribution is -2.03. The topological polar surface area (TPSA) is 52.3 Å². The van der Waals surface area contributed by atoms with Gasteiger partial charge >= 0.3 is 5.97 Å². The molecule has 2 aromatic rings. The first-order valence-electron chi connectivity index (χ1n) is 6.10. The summed E-state index contributed by atoms with van der Waals surface area (Å²) in [6.45, 7) is 1.97. The molecule has 0 atom stereocenters. The number of carbonyl (C=O) groups is 1. The molecule has 0 N–H and O–H groups in total. The predicted molar refractivity (Wildman–Crippen MR) is 74.9 cm³/mol. The van der Waals surface area contributed by atoms with Gasteiger partial charge in [-0.3, -0.25) is 0 Å². The van der Waals surface area contributed by atoms with Crippen LogP contribution in [0.4, 0.5) is 4.39 Å². The van der Waals surface area contributed by atoms with Crippen molar-refractivity contribution in [1.29, 1.82) is 0 Å². The summed E-state index contributed by atoms with van der Waals surface area (Å²) >= 11 is 3.15. The molecule has 0 aliphatic carbocycles. The standard InChI is InChI=1S/C14H13BrFNO3/c1-3-5-10-12(14(18)19-2)20-13(17-10)8-6-4-7-9(16)11(8)15/h4,6-7H,3,5H2,1-2H3. The van der Waals surface area contributed by atoms with Crippen molar-refractivity contribution in [2.75, 3.05) is 7.11 Å². The lowest BCUT2D eigenvalue weighted by molar-refractivity contribution is 0.0564. The number of nitrogens with zero attached hydrogens (tertiary/aromatic N) is 1. The number of aromatic nitrogens is 1. The summed E-state index contributed by atoms with van der Waals surface area (Å²) in [5.74, 6) is -0.738. The maximum atomic E-state index is 13.5. The van der Waals surface area contributed by atoms with Gasteiger partial charge in [-0.25, -0.2) is 14.2 Å². The molecule has 0 saturated heterocycles. The molecule has 0 saturated carbocycles. The van der Waals surface area contributed by atoms with Gasteiger partial charge in [0.2, 0.25) is 11.7 Å². The van der Waals surface area contributed by atoms with Crippen LogP contribution in [0.2, 0.25) is 0 Å². The Bertz CT molecular complexity index is 639. The van der Waals surface area contributed by atoms with Gasteiger partial charge in [0.1, 0.15) is 5.82 Å². The summed E-state index contributed by atoms with van der Waals surface area (Å²) in [4.78, 5) is 15.9. The number of halogens is 2. The van der Waals surface area contributed by atoms with Crippen LogP contribution in [0.3, 0.4) is 0 Å². The van der Waals surface area contributed by atoms with Crippen LogP contribution in [0.5, 0.6) is 0 Å². The monoisotopic (exact) mass is 341 g/mol. The Hall–Kier alpha value is -1.69. The Morgan fingerprint density at radius 1 is 1.50 bits per heavy atom. The summed E-state index contributed by atoms with van der Waals surface area (Å²) in [7, 11) is 1.28. The first-order valence-corrected chi connectivity index (χ1v) is 6.90. The molecule has 1 aromatic carbocycles. The number of aryl methyl sites for hydroxylation is 1. The van der Waals surface area contributed by atoms with E-state index in [1.165, 1.54) is 13.2 Å². The van der Waals surface area contributed by atoms with Crippen molar-refractivity contribution in [3.63, 3.8) is 0 Å². The highest BCUT2D eigenvalue weighted by molar-refractivity contribution is 9.10. The molecular weight excluding hydrogens is 329 g/mol. The van der Waals surface area contributed by atoms with E-state index < -0.39 is 11.8 Å². The Kier molecular flexibility index (Phi) is 4.54. The summed E-state index contributed by atoms with van der Waals surface area (Å²) in [6, 6.07) is 4.54. The molecule has 0 radical (unpaired) electrons. The van der Waals surface area contributed by atoms with Gasteiger partial charge in [-0.2, -0.15) is 0 Å². The van der Waals surface area contributed by atoms with Crippen molar-refractivity contribution < 1.29 is 18.3 Å². The summed E-state index contributed by atoms with van der Waals surface area (Å²) in [5, 5.41) is 0. The van der Waals surface area contributed by atoms with Crippen molar-refractivity contribution >= 4 is 21.9 Å². The SMILES string of the molecule is CCCc1nc(-c2cccc(F)c2Br)oc1C(=O)OC. The number of hydrogen-bond donors (Lipinski definition) is 0. The number of ether oxygens (including phenoxy) is 1. The van der Waals surface area contributed by atoms with Gasteiger partial charge in [-0.05, 0) is 34.5 Å². The predicted octanol–water partition coefficient (Wildman–Crippen LogP) is 3.98. The number of benzene rings is 1. The quantitative estimate of drug-likeness (QED) is 0.789. The fourth-order valence-electron chi connectivity index (χ4n) is 1.79. The molecule has 0 fully saturated rings. The van der Waals surface area contributed by atoms with Crippen molar-refractivity contribution in [2.24, 2.45) is 0 Å². The van der Waals surface area contributed by atoms with Crippen LogP contribution in [0.15, 0.2) is 27.1 Å². The Labute approximate surface area is 124 Å². The first-order chi connectivity index (χ1) is 9.58. The molecule has 1 heterocycles. The zero-order chi connectivity index (χ0) is 14.7. The van der Waals surface area contributed by atoms with E-state index in [0.717, 1.165) is 6.42 Å². The summed E-state index contributed by atoms with van der Waals surface area (Å²) < 4.78 is 23.9. The largest absolute Gasteiger partial charge is 0.463 e. The number of oxazole rings is 1. The zero-order valence-corrected chi connectivity index (χ0v) is 12.7. The summed E-state index contributed by atoms with van der Waals surface area (Å²) in [6.07, 6.45) is 1.39. The molecule has 4 nitrogen and oxygen atoms in total. The highest BCUT2D eigenvalue weighted by Crippen LogP contribution is 2.31. The number of rotatable bonds is 4. The molecule has 0 aliphatic heterocycles. The minimum absolute atomic E-state index is 0.0699. The van der Waals surface area contributed by atoms with E-state index in [1.807, 2.05) is 6.92 Å². The maximum absolute atomic E-state index is 13.5. The normalized spacial score (nSPS) is 10.6. The minimum atomic E-state index is -0.584. The molecule has 0 amide bonds. The molecule has 2 rings (SSSR count). The van der Waals surface area contributed by atoms with Crippen LogP contribution in [0, 0.1) is 5.82 Å². The van der Waals surface area contributed by atoms with E-state index in [-0.39, 0.29) is 16.1 Å². The number of methoxy groups -OCH3 is 1. The molecular formula is C14H13BrFNO3. The van der Waals surface area contributed by atoms with E-state index in [4.69, 9.17) is 4.42 Å². The van der Waals surface area contributed by atoms with Gasteiger partial charge in [0.15, 0.2) is 0 Å².